The van der Waals surface area contributed by atoms with Crippen molar-refractivity contribution in [1.82, 2.24) is 0 Å². The van der Waals surface area contributed by atoms with Gasteiger partial charge in [0.05, 0.1) is 6.61 Å². The molecule has 0 fully saturated rings. The second-order valence-electron chi connectivity index (χ2n) is 3.11. The average molecular weight is 368 g/mol. The maximum Gasteiger partial charge on any atom is 0.348 e. The van der Waals surface area contributed by atoms with Gasteiger partial charge in [0.1, 0.15) is 0 Å². The molecule has 1 aromatic carbocycles. The maximum atomic E-state index is 13.4. The molecule has 92 valence electrons. The minimum Gasteiger partial charge on any atom is -0.463 e. The number of hydrogen-bond acceptors (Lipinski definition) is 3. The van der Waals surface area contributed by atoms with E-state index in [1.807, 2.05) is 0 Å². The highest BCUT2D eigenvalue weighted by Crippen LogP contribution is 2.24. The monoisotopic (exact) mass is 366 g/mol. The van der Waals surface area contributed by atoms with Crippen LogP contribution >= 0.6 is 31.9 Å². The highest BCUT2D eigenvalue weighted by Gasteiger charge is 2.28. The van der Waals surface area contributed by atoms with Crippen LogP contribution in [-0.2, 0) is 9.53 Å². The molecule has 17 heavy (non-hydrogen) atoms. The van der Waals surface area contributed by atoms with E-state index in [2.05, 4.69) is 36.6 Å². The first kappa shape index (κ1) is 14.3. The Balaban J connectivity index is 2.89. The van der Waals surface area contributed by atoms with Crippen LogP contribution in [0, 0.1) is 0 Å². The van der Waals surface area contributed by atoms with Gasteiger partial charge in [-0.15, -0.1) is 0 Å². The summed E-state index contributed by atoms with van der Waals surface area (Å²) in [7, 11) is 0. The summed E-state index contributed by atoms with van der Waals surface area (Å²) < 4.78 is 19.2. The van der Waals surface area contributed by atoms with Gasteiger partial charge in [0.25, 0.3) is 6.17 Å². The zero-order valence-corrected chi connectivity index (χ0v) is 12.0. The van der Waals surface area contributed by atoms with Gasteiger partial charge in [-0.1, -0.05) is 6.07 Å². The highest BCUT2D eigenvalue weighted by molar-refractivity contribution is 9.13. The molecule has 1 rings (SSSR count). The van der Waals surface area contributed by atoms with Crippen molar-refractivity contribution >= 4 is 43.6 Å². The maximum absolute atomic E-state index is 13.4. The number of esters is 1. The molecule has 0 aliphatic rings. The average Bonchev–Trinajstić information content (AvgIpc) is 2.31. The number of halogens is 3. The van der Waals surface area contributed by atoms with E-state index in [-0.39, 0.29) is 12.2 Å². The van der Waals surface area contributed by atoms with Gasteiger partial charge < -0.3 is 4.74 Å². The Bertz CT molecular complexity index is 448. The third-order valence-electron chi connectivity index (χ3n) is 1.93. The molecule has 0 saturated carbocycles. The summed E-state index contributed by atoms with van der Waals surface area (Å²) in [5.41, 5.74) is 0.112. The molecule has 3 nitrogen and oxygen atoms in total. The van der Waals surface area contributed by atoms with Crippen molar-refractivity contribution in [3.05, 3.63) is 32.7 Å². The lowest BCUT2D eigenvalue weighted by Crippen LogP contribution is -2.27. The van der Waals surface area contributed by atoms with Crippen molar-refractivity contribution in [2.75, 3.05) is 6.61 Å². The van der Waals surface area contributed by atoms with Crippen molar-refractivity contribution in [3.8, 4) is 0 Å². The molecule has 0 saturated heterocycles. The predicted molar refractivity (Wildman–Crippen MR) is 67.7 cm³/mol. The fourth-order valence-corrected chi connectivity index (χ4v) is 1.74. The normalized spacial score (nSPS) is 12.0. The molecule has 0 aliphatic heterocycles. The number of alkyl halides is 1. The minimum absolute atomic E-state index is 0.0383. The van der Waals surface area contributed by atoms with Gasteiger partial charge in [-0.25, -0.2) is 9.18 Å². The lowest BCUT2D eigenvalue weighted by atomic mass is 10.1. The van der Waals surface area contributed by atoms with Gasteiger partial charge in [-0.2, -0.15) is 0 Å². The summed E-state index contributed by atoms with van der Waals surface area (Å²) in [5.74, 6) is -2.06. The Morgan fingerprint density at radius 3 is 2.53 bits per heavy atom. The zero-order chi connectivity index (χ0) is 13.0. The summed E-state index contributed by atoms with van der Waals surface area (Å²) >= 11 is 6.42. The van der Waals surface area contributed by atoms with E-state index >= 15 is 0 Å². The number of hydrogen-bond donors (Lipinski definition) is 0. The largest absolute Gasteiger partial charge is 0.463 e. The third kappa shape index (κ3) is 3.61. The summed E-state index contributed by atoms with van der Waals surface area (Å²) in [6.45, 7) is 1.59. The van der Waals surface area contributed by atoms with Gasteiger partial charge in [0, 0.05) is 14.5 Å². The number of carbonyl (C=O) groups is 2. The lowest BCUT2D eigenvalue weighted by molar-refractivity contribution is -0.147. The van der Waals surface area contributed by atoms with Crippen LogP contribution in [0.25, 0.3) is 0 Å². The molecule has 0 aromatic heterocycles. The van der Waals surface area contributed by atoms with Gasteiger partial charge in [0.2, 0.25) is 5.78 Å². The Morgan fingerprint density at radius 1 is 1.35 bits per heavy atom. The molecule has 0 amide bonds. The summed E-state index contributed by atoms with van der Waals surface area (Å²) in [4.78, 5) is 22.7. The lowest BCUT2D eigenvalue weighted by Gasteiger charge is -2.07. The summed E-state index contributed by atoms with van der Waals surface area (Å²) in [5, 5.41) is 0. The first-order chi connectivity index (χ1) is 7.97. The molecule has 0 bridgehead atoms. The van der Waals surface area contributed by atoms with E-state index in [9.17, 15) is 14.0 Å². The van der Waals surface area contributed by atoms with Crippen LogP contribution in [0.15, 0.2) is 27.1 Å². The molecular formula is C11H9Br2FO3. The van der Waals surface area contributed by atoms with Crippen LogP contribution in [0.3, 0.4) is 0 Å². The van der Waals surface area contributed by atoms with Crippen molar-refractivity contribution in [2.24, 2.45) is 0 Å². The van der Waals surface area contributed by atoms with Crippen LogP contribution in [0.2, 0.25) is 0 Å². The molecule has 1 aromatic rings. The van der Waals surface area contributed by atoms with Crippen LogP contribution in [0.4, 0.5) is 4.39 Å². The first-order valence-electron chi connectivity index (χ1n) is 4.77. The van der Waals surface area contributed by atoms with Crippen molar-refractivity contribution in [2.45, 2.75) is 13.1 Å². The molecule has 0 heterocycles. The molecule has 1 unspecified atom stereocenters. The van der Waals surface area contributed by atoms with E-state index in [0.29, 0.717) is 4.47 Å². The summed E-state index contributed by atoms with van der Waals surface area (Å²) in [6.07, 6.45) is -2.27. The molecule has 0 spiro atoms. The molecule has 0 N–H and O–H groups in total. The number of ketones is 1. The predicted octanol–water partition coefficient (Wildman–Crippen LogP) is 3.30. The van der Waals surface area contributed by atoms with Gasteiger partial charge in [0.15, 0.2) is 0 Å². The molecule has 0 aliphatic carbocycles. The fraction of sp³-hybridized carbons (Fsp3) is 0.273. The van der Waals surface area contributed by atoms with Crippen molar-refractivity contribution in [1.29, 1.82) is 0 Å². The molecule has 1 atom stereocenters. The standard InChI is InChI=1S/C11H9Br2FO3/c1-2-17-11(16)9(14)10(15)6-3-4-7(12)8(13)5-6/h3-5,9H,2H2,1H3. The fourth-order valence-electron chi connectivity index (χ4n) is 1.12. The second kappa shape index (κ2) is 6.26. The van der Waals surface area contributed by atoms with Crippen LogP contribution in [0.1, 0.15) is 17.3 Å². The number of Topliss-reactive ketones (excluding diaryl/α,β-unsaturated/α-hetero) is 1. The number of rotatable bonds is 4. The molecular weight excluding hydrogens is 359 g/mol. The van der Waals surface area contributed by atoms with Gasteiger partial charge in [-0.3, -0.25) is 4.79 Å². The zero-order valence-electron chi connectivity index (χ0n) is 8.88. The van der Waals surface area contributed by atoms with E-state index in [4.69, 9.17) is 0 Å². The van der Waals surface area contributed by atoms with E-state index in [0.717, 1.165) is 4.47 Å². The topological polar surface area (TPSA) is 43.4 Å². The van der Waals surface area contributed by atoms with E-state index in [1.54, 1.807) is 13.0 Å². The van der Waals surface area contributed by atoms with Crippen molar-refractivity contribution < 1.29 is 18.7 Å². The Hall–Kier alpha value is -0.750. The third-order valence-corrected chi connectivity index (χ3v) is 3.81. The Morgan fingerprint density at radius 2 is 2.00 bits per heavy atom. The smallest absolute Gasteiger partial charge is 0.348 e. The van der Waals surface area contributed by atoms with Crippen LogP contribution in [0.5, 0.6) is 0 Å². The van der Waals surface area contributed by atoms with E-state index in [1.165, 1.54) is 12.1 Å². The molecule has 0 radical (unpaired) electrons. The second-order valence-corrected chi connectivity index (χ2v) is 4.82. The minimum atomic E-state index is -2.27. The van der Waals surface area contributed by atoms with Crippen LogP contribution in [-0.4, -0.2) is 24.5 Å². The number of benzene rings is 1. The SMILES string of the molecule is CCOC(=O)C(F)C(=O)c1ccc(Br)c(Br)c1. The van der Waals surface area contributed by atoms with Crippen LogP contribution < -0.4 is 0 Å². The summed E-state index contributed by atoms with van der Waals surface area (Å²) in [6, 6.07) is 4.47. The molecule has 6 heteroatoms. The number of carbonyl (C=O) groups excluding carboxylic acids is 2. The quantitative estimate of drug-likeness (QED) is 0.466. The first-order valence-corrected chi connectivity index (χ1v) is 6.36. The Kier molecular flexibility index (Phi) is 5.27. The van der Waals surface area contributed by atoms with E-state index < -0.39 is 17.9 Å². The van der Waals surface area contributed by atoms with Gasteiger partial charge >= 0.3 is 5.97 Å². The highest BCUT2D eigenvalue weighted by atomic mass is 79.9. The van der Waals surface area contributed by atoms with Crippen molar-refractivity contribution in [3.63, 3.8) is 0 Å². The number of ether oxygens (including phenoxy) is 1. The Labute approximate surface area is 115 Å². The van der Waals surface area contributed by atoms with Gasteiger partial charge in [-0.05, 0) is 50.9 Å².